The normalized spacial score (nSPS) is 10.7. The molecule has 1 amide bonds. The first-order valence-corrected chi connectivity index (χ1v) is 6.52. The molecule has 3 aromatic heterocycles. The van der Waals surface area contributed by atoms with Crippen LogP contribution in [0.2, 0.25) is 0 Å². The maximum Gasteiger partial charge on any atom is 0.249 e. The van der Waals surface area contributed by atoms with Crippen LogP contribution in [-0.4, -0.2) is 30.6 Å². The van der Waals surface area contributed by atoms with Crippen molar-refractivity contribution in [3.63, 3.8) is 0 Å². The summed E-state index contributed by atoms with van der Waals surface area (Å²) in [4.78, 5) is 24.0. The lowest BCUT2D eigenvalue weighted by Gasteiger charge is -2.03. The Morgan fingerprint density at radius 2 is 2.18 bits per heavy atom. The highest BCUT2D eigenvalue weighted by molar-refractivity contribution is 6.01. The van der Waals surface area contributed by atoms with Crippen molar-refractivity contribution in [2.24, 2.45) is 0 Å². The molecule has 0 spiro atoms. The van der Waals surface area contributed by atoms with Crippen molar-refractivity contribution in [3.05, 3.63) is 67.0 Å². The fourth-order valence-corrected chi connectivity index (χ4v) is 1.76. The minimum atomic E-state index is -0.283. The highest BCUT2D eigenvalue weighted by Crippen LogP contribution is 2.08. The molecule has 0 aliphatic rings. The van der Waals surface area contributed by atoms with Crippen LogP contribution in [0.3, 0.4) is 0 Å². The zero-order chi connectivity index (χ0) is 15.2. The number of nitrogens with one attached hydrogen (secondary N) is 1. The number of hydrogen-bond acceptors (Lipinski definition) is 5. The molecule has 0 atom stereocenters. The summed E-state index contributed by atoms with van der Waals surface area (Å²) >= 11 is 0. The number of carbonyl (C=O) groups is 1. The number of hydrogen-bond donors (Lipinski definition) is 1. The summed E-state index contributed by atoms with van der Waals surface area (Å²) < 4.78 is 1.59. The topological polar surface area (TPSA) is 85.6 Å². The van der Waals surface area contributed by atoms with E-state index < -0.39 is 0 Å². The second kappa shape index (κ2) is 6.40. The summed E-state index contributed by atoms with van der Waals surface area (Å²) in [6, 6.07) is 7.09. The lowest BCUT2D eigenvalue weighted by atomic mass is 10.2. The van der Waals surface area contributed by atoms with E-state index in [1.807, 2.05) is 6.07 Å². The lowest BCUT2D eigenvalue weighted by Crippen LogP contribution is -2.10. The fourth-order valence-electron chi connectivity index (χ4n) is 1.76. The van der Waals surface area contributed by atoms with E-state index in [1.54, 1.807) is 53.7 Å². The van der Waals surface area contributed by atoms with Crippen LogP contribution in [0.15, 0.2) is 61.5 Å². The third-order valence-electron chi connectivity index (χ3n) is 2.75. The van der Waals surface area contributed by atoms with Gasteiger partial charge in [0, 0.05) is 36.9 Å². The highest BCUT2D eigenvalue weighted by Gasteiger charge is 2.03. The molecule has 0 aromatic carbocycles. The molecule has 0 bridgehead atoms. The van der Waals surface area contributed by atoms with Gasteiger partial charge in [0.05, 0.1) is 0 Å². The number of carbonyl (C=O) groups excluding carboxylic acids is 1. The van der Waals surface area contributed by atoms with Gasteiger partial charge in [0.1, 0.15) is 12.1 Å². The second-order valence-corrected chi connectivity index (χ2v) is 4.32. The zero-order valence-electron chi connectivity index (χ0n) is 11.5. The van der Waals surface area contributed by atoms with Gasteiger partial charge in [-0.05, 0) is 23.8 Å². The van der Waals surface area contributed by atoms with Crippen LogP contribution >= 0.6 is 0 Å². The molecule has 3 heterocycles. The molecule has 22 heavy (non-hydrogen) atoms. The maximum atomic E-state index is 11.9. The van der Waals surface area contributed by atoms with Gasteiger partial charge in [-0.25, -0.2) is 14.6 Å². The molecule has 7 nitrogen and oxygen atoms in total. The predicted molar refractivity (Wildman–Crippen MR) is 81.1 cm³/mol. The Kier molecular flexibility index (Phi) is 3.96. The van der Waals surface area contributed by atoms with Gasteiger partial charge in [0.15, 0.2) is 5.82 Å². The molecule has 3 aromatic rings. The Hall–Kier alpha value is -3.35. The molecule has 0 aliphatic carbocycles. The van der Waals surface area contributed by atoms with E-state index >= 15 is 0 Å². The molecule has 0 aliphatic heterocycles. The Morgan fingerprint density at radius 1 is 1.23 bits per heavy atom. The Morgan fingerprint density at radius 3 is 2.95 bits per heavy atom. The van der Waals surface area contributed by atoms with Crippen LogP contribution in [0.1, 0.15) is 5.56 Å². The summed E-state index contributed by atoms with van der Waals surface area (Å²) in [5.74, 6) is 0.696. The van der Waals surface area contributed by atoms with Gasteiger partial charge in [0.25, 0.3) is 0 Å². The van der Waals surface area contributed by atoms with Crippen LogP contribution in [0.25, 0.3) is 11.9 Å². The van der Waals surface area contributed by atoms with Gasteiger partial charge >= 0.3 is 0 Å². The van der Waals surface area contributed by atoms with Crippen molar-refractivity contribution in [1.82, 2.24) is 24.7 Å². The third-order valence-corrected chi connectivity index (χ3v) is 2.75. The summed E-state index contributed by atoms with van der Waals surface area (Å²) in [6.07, 6.45) is 11.2. The van der Waals surface area contributed by atoms with Crippen LogP contribution in [-0.2, 0) is 4.79 Å². The van der Waals surface area contributed by atoms with Crippen molar-refractivity contribution in [3.8, 4) is 5.82 Å². The summed E-state index contributed by atoms with van der Waals surface area (Å²) in [5, 5.41) is 6.75. The number of rotatable bonds is 4. The zero-order valence-corrected chi connectivity index (χ0v) is 11.5. The summed E-state index contributed by atoms with van der Waals surface area (Å²) in [5.41, 5.74) is 0.845. The number of amides is 1. The number of aromatic nitrogens is 5. The van der Waals surface area contributed by atoms with Gasteiger partial charge in [-0.2, -0.15) is 5.10 Å². The molecule has 108 valence electrons. The molecule has 3 rings (SSSR count). The molecular weight excluding hydrogens is 280 g/mol. The molecule has 7 heteroatoms. The van der Waals surface area contributed by atoms with E-state index in [-0.39, 0.29) is 5.91 Å². The van der Waals surface area contributed by atoms with E-state index in [2.05, 4.69) is 25.4 Å². The summed E-state index contributed by atoms with van der Waals surface area (Å²) in [7, 11) is 0. The van der Waals surface area contributed by atoms with E-state index in [4.69, 9.17) is 0 Å². The number of anilines is 1. The first kappa shape index (κ1) is 13.6. The minimum Gasteiger partial charge on any atom is -0.307 e. The minimum absolute atomic E-state index is 0.283. The maximum absolute atomic E-state index is 11.9. The van der Waals surface area contributed by atoms with Crippen LogP contribution in [0.5, 0.6) is 0 Å². The van der Waals surface area contributed by atoms with Gasteiger partial charge in [0.2, 0.25) is 5.91 Å². The molecule has 0 unspecified atom stereocenters. The molecule has 0 saturated carbocycles. The monoisotopic (exact) mass is 292 g/mol. The average molecular weight is 292 g/mol. The average Bonchev–Trinajstić information content (AvgIpc) is 3.09. The predicted octanol–water partition coefficient (Wildman–Crippen LogP) is 1.71. The number of pyridine rings is 1. The van der Waals surface area contributed by atoms with Gasteiger partial charge in [-0.1, -0.05) is 6.07 Å². The van der Waals surface area contributed by atoms with E-state index in [0.717, 1.165) is 5.56 Å². The highest BCUT2D eigenvalue weighted by atomic mass is 16.1. The largest absolute Gasteiger partial charge is 0.307 e. The van der Waals surface area contributed by atoms with E-state index in [9.17, 15) is 4.79 Å². The Balaban J connectivity index is 1.69. The van der Waals surface area contributed by atoms with Crippen LogP contribution in [0, 0.1) is 0 Å². The molecule has 0 fully saturated rings. The van der Waals surface area contributed by atoms with Crippen LogP contribution in [0.4, 0.5) is 5.82 Å². The first-order valence-electron chi connectivity index (χ1n) is 6.52. The number of nitrogens with zero attached hydrogens (tertiary/aromatic N) is 5. The molecule has 0 saturated heterocycles. The van der Waals surface area contributed by atoms with Crippen molar-refractivity contribution in [1.29, 1.82) is 0 Å². The van der Waals surface area contributed by atoms with E-state index in [0.29, 0.717) is 11.6 Å². The molecule has 0 radical (unpaired) electrons. The quantitative estimate of drug-likeness (QED) is 0.740. The molecule has 1 N–H and O–H groups in total. The lowest BCUT2D eigenvalue weighted by molar-refractivity contribution is -0.111. The smallest absolute Gasteiger partial charge is 0.249 e. The fraction of sp³-hybridized carbons (Fsp3) is 0. The van der Waals surface area contributed by atoms with E-state index in [1.165, 1.54) is 12.4 Å². The van der Waals surface area contributed by atoms with Gasteiger partial charge < -0.3 is 5.32 Å². The van der Waals surface area contributed by atoms with Gasteiger partial charge in [-0.15, -0.1) is 0 Å². The standard InChI is InChI=1S/C15H12N6O/c22-15(5-4-12-3-1-6-16-10-12)20-13-9-14(18-11-17-13)21-8-2-7-19-21/h1-11H,(H,17,18,20,22)/b5-4+. The molecular formula is C15H12N6O. The Labute approximate surface area is 126 Å². The van der Waals surface area contributed by atoms with Crippen molar-refractivity contribution in [2.75, 3.05) is 5.32 Å². The first-order chi connectivity index (χ1) is 10.8. The Bertz CT molecular complexity index is 783. The van der Waals surface area contributed by atoms with Crippen LogP contribution < -0.4 is 5.32 Å². The van der Waals surface area contributed by atoms with Crippen molar-refractivity contribution >= 4 is 17.8 Å². The van der Waals surface area contributed by atoms with Crippen molar-refractivity contribution in [2.45, 2.75) is 0 Å². The SMILES string of the molecule is O=C(/C=C/c1cccnc1)Nc1cc(-n2cccn2)ncn1. The van der Waals surface area contributed by atoms with Crippen molar-refractivity contribution < 1.29 is 4.79 Å². The second-order valence-electron chi connectivity index (χ2n) is 4.32. The summed E-state index contributed by atoms with van der Waals surface area (Å²) in [6.45, 7) is 0. The van der Waals surface area contributed by atoms with Gasteiger partial charge in [-0.3, -0.25) is 9.78 Å². The third kappa shape index (κ3) is 3.40.